The van der Waals surface area contributed by atoms with E-state index in [0.717, 1.165) is 6.07 Å². The molecule has 0 bridgehead atoms. The first-order chi connectivity index (χ1) is 17.6. The van der Waals surface area contributed by atoms with E-state index >= 15 is 0 Å². The minimum atomic E-state index is -4.71. The summed E-state index contributed by atoms with van der Waals surface area (Å²) in [5, 5.41) is 29.6. The second-order valence-corrected chi connectivity index (χ2v) is 15.4. The zero-order valence-electron chi connectivity index (χ0n) is 22.4. The summed E-state index contributed by atoms with van der Waals surface area (Å²) in [5.41, 5.74) is -0.332. The molecule has 0 saturated heterocycles. The van der Waals surface area contributed by atoms with Crippen LogP contribution < -0.4 is 5.32 Å². The van der Waals surface area contributed by atoms with Crippen molar-refractivity contribution in [3.63, 3.8) is 0 Å². The minimum absolute atomic E-state index is 0.118. The van der Waals surface area contributed by atoms with Gasteiger partial charge in [-0.3, -0.25) is 0 Å². The van der Waals surface area contributed by atoms with Crippen molar-refractivity contribution >= 4 is 14.0 Å². The van der Waals surface area contributed by atoms with Gasteiger partial charge in [0.25, 0.3) is 0 Å². The summed E-state index contributed by atoms with van der Waals surface area (Å²) in [6, 6.07) is 12.1. The first-order valence-corrected chi connectivity index (χ1v) is 14.9. The molecule has 0 aliphatic carbocycles. The van der Waals surface area contributed by atoms with E-state index in [0.29, 0.717) is 11.1 Å². The van der Waals surface area contributed by atoms with Crippen molar-refractivity contribution in [3.8, 4) is 23.6 Å². The highest BCUT2D eigenvalue weighted by atomic mass is 28.4. The van der Waals surface area contributed by atoms with Crippen LogP contribution in [0.3, 0.4) is 0 Å². The largest absolute Gasteiger partial charge is 0.418 e. The normalized spacial score (nSPS) is 13.9. The quantitative estimate of drug-likeness (QED) is 0.311. The fourth-order valence-corrected chi connectivity index (χ4v) is 5.17. The fourth-order valence-electron chi connectivity index (χ4n) is 3.75. The number of nitrogens with one attached hydrogen (secondary N) is 1. The monoisotopic (exact) mass is 541 g/mol. The Balaban J connectivity index is 2.07. The van der Waals surface area contributed by atoms with E-state index in [1.165, 1.54) is 13.0 Å². The van der Waals surface area contributed by atoms with Crippen LogP contribution in [-0.2, 0) is 10.6 Å². The van der Waals surface area contributed by atoms with Crippen LogP contribution in [-0.4, -0.2) is 24.6 Å². The molecular weight excluding hydrogens is 511 g/mol. The van der Waals surface area contributed by atoms with Gasteiger partial charge in [-0.2, -0.15) is 23.7 Å². The van der Waals surface area contributed by atoms with Crippen LogP contribution in [0.1, 0.15) is 61.9 Å². The smallest absolute Gasteiger partial charge is 0.418 e. The van der Waals surface area contributed by atoms with Crippen molar-refractivity contribution in [1.82, 2.24) is 10.2 Å². The predicted molar refractivity (Wildman–Crippen MR) is 139 cm³/mol. The van der Waals surface area contributed by atoms with E-state index in [4.69, 9.17) is 14.1 Å². The van der Waals surface area contributed by atoms with E-state index in [9.17, 15) is 18.4 Å². The van der Waals surface area contributed by atoms with Gasteiger partial charge in [-0.1, -0.05) is 20.8 Å². The van der Waals surface area contributed by atoms with E-state index in [1.54, 1.807) is 30.3 Å². The van der Waals surface area contributed by atoms with Crippen LogP contribution in [0.15, 0.2) is 40.8 Å². The average molecular weight is 542 g/mol. The van der Waals surface area contributed by atoms with E-state index in [2.05, 4.69) is 49.4 Å². The first kappa shape index (κ1) is 28.9. The molecule has 0 fully saturated rings. The van der Waals surface area contributed by atoms with Crippen LogP contribution in [0.2, 0.25) is 18.1 Å². The maximum absolute atomic E-state index is 13.8. The lowest BCUT2D eigenvalue weighted by atomic mass is 9.99. The lowest BCUT2D eigenvalue weighted by molar-refractivity contribution is -0.138. The second-order valence-electron chi connectivity index (χ2n) is 10.6. The van der Waals surface area contributed by atoms with Gasteiger partial charge in [0.05, 0.1) is 34.9 Å². The molecule has 0 aliphatic heterocycles. The number of nitrogens with zero attached hydrogens (tertiary/aromatic N) is 4. The molecule has 200 valence electrons. The summed E-state index contributed by atoms with van der Waals surface area (Å²) >= 11 is 0. The molecule has 2 atom stereocenters. The predicted octanol–water partition coefficient (Wildman–Crippen LogP) is 7.37. The van der Waals surface area contributed by atoms with Gasteiger partial charge in [0.15, 0.2) is 8.32 Å². The van der Waals surface area contributed by atoms with Crippen molar-refractivity contribution in [3.05, 3.63) is 64.5 Å². The third-order valence-corrected chi connectivity index (χ3v) is 11.5. The summed E-state index contributed by atoms with van der Waals surface area (Å²) in [4.78, 5) is 0. The molecule has 0 amide bonds. The van der Waals surface area contributed by atoms with Crippen LogP contribution in [0.25, 0.3) is 11.5 Å². The van der Waals surface area contributed by atoms with E-state index in [1.807, 2.05) is 13.0 Å². The van der Waals surface area contributed by atoms with Crippen molar-refractivity contribution in [2.24, 2.45) is 0 Å². The topological polar surface area (TPSA) is 108 Å². The second kappa shape index (κ2) is 10.6. The lowest BCUT2D eigenvalue weighted by Crippen LogP contribution is -2.45. The van der Waals surface area contributed by atoms with Gasteiger partial charge in [-0.15, -0.1) is 10.2 Å². The highest BCUT2D eigenvalue weighted by Gasteiger charge is 2.41. The van der Waals surface area contributed by atoms with Gasteiger partial charge in [-0.05, 0) is 73.9 Å². The van der Waals surface area contributed by atoms with Crippen LogP contribution in [0.5, 0.6) is 0 Å². The molecule has 1 N–H and O–H groups in total. The SMILES string of the molecule is Cc1c(NC(c2nnc(-c3ccc(C#N)cc3)o2)C(C)O[Si](C)(C)C(C)(C)C)ccc(C#N)c1C(F)(F)F. The number of nitriles is 2. The molecule has 3 aromatic rings. The molecule has 2 aromatic carbocycles. The summed E-state index contributed by atoms with van der Waals surface area (Å²) in [7, 11) is -2.30. The third-order valence-electron chi connectivity index (χ3n) is 6.90. The molecule has 1 heterocycles. The maximum atomic E-state index is 13.8. The zero-order valence-corrected chi connectivity index (χ0v) is 23.4. The number of benzene rings is 2. The number of hydrogen-bond acceptors (Lipinski definition) is 7. The number of anilines is 1. The Labute approximate surface area is 221 Å². The standard InChI is InChI=1S/C27H30F3N5O2Si/c1-16-21(13-12-20(15-32)22(16)27(28,29)30)33-23(17(2)37-38(6,7)26(3,4)5)25-35-34-24(36-25)19-10-8-18(14-31)9-11-19/h8-13,17,23,33H,1-7H3. The zero-order chi connectivity index (χ0) is 28.5. The van der Waals surface area contributed by atoms with Gasteiger partial charge in [0.1, 0.15) is 6.04 Å². The highest BCUT2D eigenvalue weighted by Crippen LogP contribution is 2.41. The number of alkyl halides is 3. The van der Waals surface area contributed by atoms with Gasteiger partial charge in [0.2, 0.25) is 11.8 Å². The molecule has 0 aliphatic rings. The first-order valence-electron chi connectivity index (χ1n) is 12.0. The average Bonchev–Trinajstić information content (AvgIpc) is 3.31. The van der Waals surface area contributed by atoms with Gasteiger partial charge >= 0.3 is 6.18 Å². The third kappa shape index (κ3) is 6.06. The summed E-state index contributed by atoms with van der Waals surface area (Å²) in [6.45, 7) is 13.5. The molecule has 1 aromatic heterocycles. The molecule has 0 saturated carbocycles. The Morgan fingerprint density at radius 2 is 1.63 bits per heavy atom. The van der Waals surface area contributed by atoms with Crippen LogP contribution in [0, 0.1) is 29.6 Å². The van der Waals surface area contributed by atoms with Crippen molar-refractivity contribution in [2.75, 3.05) is 5.32 Å². The number of hydrogen-bond donors (Lipinski definition) is 1. The number of aromatic nitrogens is 2. The Bertz CT molecular complexity index is 1380. The summed E-state index contributed by atoms with van der Waals surface area (Å²) in [6.07, 6.45) is -5.27. The van der Waals surface area contributed by atoms with Gasteiger partial charge in [0, 0.05) is 11.3 Å². The Hall–Kier alpha value is -3.67. The summed E-state index contributed by atoms with van der Waals surface area (Å²) in [5.74, 6) is 0.330. The molecular formula is C27H30F3N5O2Si. The number of rotatable bonds is 7. The molecule has 0 radical (unpaired) electrons. The van der Waals surface area contributed by atoms with Crippen molar-refractivity contribution in [2.45, 2.75) is 71.1 Å². The van der Waals surface area contributed by atoms with Crippen molar-refractivity contribution < 1.29 is 22.0 Å². The van der Waals surface area contributed by atoms with Crippen molar-refractivity contribution in [1.29, 1.82) is 10.5 Å². The molecule has 3 rings (SSSR count). The Kier molecular flexibility index (Phi) is 8.06. The van der Waals surface area contributed by atoms with Crippen LogP contribution in [0.4, 0.5) is 18.9 Å². The Morgan fingerprint density at radius 3 is 2.16 bits per heavy atom. The van der Waals surface area contributed by atoms with E-state index < -0.39 is 37.8 Å². The van der Waals surface area contributed by atoms with Gasteiger partial charge in [-0.25, -0.2) is 0 Å². The van der Waals surface area contributed by atoms with Gasteiger partial charge < -0.3 is 14.2 Å². The lowest BCUT2D eigenvalue weighted by Gasteiger charge is -2.40. The minimum Gasteiger partial charge on any atom is -0.418 e. The highest BCUT2D eigenvalue weighted by molar-refractivity contribution is 6.74. The molecule has 0 spiro atoms. The number of halogens is 3. The molecule has 38 heavy (non-hydrogen) atoms. The Morgan fingerprint density at radius 1 is 1.00 bits per heavy atom. The fraction of sp³-hybridized carbons (Fsp3) is 0.407. The van der Waals surface area contributed by atoms with E-state index in [-0.39, 0.29) is 28.1 Å². The maximum Gasteiger partial charge on any atom is 0.418 e. The van der Waals surface area contributed by atoms with Crippen LogP contribution >= 0.6 is 0 Å². The molecule has 7 nitrogen and oxygen atoms in total. The summed E-state index contributed by atoms with van der Waals surface area (Å²) < 4.78 is 54.0. The molecule has 2 unspecified atom stereocenters. The molecule has 11 heteroatoms.